The molecule has 2 fully saturated rings. The van der Waals surface area contributed by atoms with Crippen LogP contribution in [0.15, 0.2) is 41.7 Å². The number of nitrogens with zero attached hydrogens (tertiary/aromatic N) is 5. The summed E-state index contributed by atoms with van der Waals surface area (Å²) in [7, 11) is 1.83. The third kappa shape index (κ3) is 4.92. The van der Waals surface area contributed by atoms with Gasteiger partial charge >= 0.3 is 0 Å². The summed E-state index contributed by atoms with van der Waals surface area (Å²) in [6, 6.07) is 6.62. The molecule has 1 saturated carbocycles. The molecule has 204 valence electrons. The number of imidazole rings is 2. The van der Waals surface area contributed by atoms with Crippen LogP contribution in [-0.4, -0.2) is 51.5 Å². The molecule has 4 heterocycles. The standard InChI is InChI=1S/C26H28FN7O4S/c1-14-29-24-19(30-18-7-6-15(9-21(18)39(36)37)20-12-28-13-33(20)2)11-22(32-26(35)16-10-17(16)27)31-25(24)34(14)23-5-3-4-8-38-23/h6-7,9,11-13,16-17,23H,3-5,8,10H2,1-2H3,(H,36,37)(H2,30,31,32,35)/p-1/t16-,17+,23?/m1/s1. The zero-order valence-corrected chi connectivity index (χ0v) is 22.2. The maximum Gasteiger partial charge on any atom is 0.231 e. The van der Waals surface area contributed by atoms with Crippen molar-refractivity contribution in [2.24, 2.45) is 13.0 Å². The number of nitrogens with one attached hydrogen (secondary N) is 2. The molecule has 1 aliphatic heterocycles. The summed E-state index contributed by atoms with van der Waals surface area (Å²) in [4.78, 5) is 26.1. The number of carbonyl (C=O) groups excluding carboxylic acids is 1. The Morgan fingerprint density at radius 2 is 2.05 bits per heavy atom. The largest absolute Gasteiger partial charge is 0.768 e. The van der Waals surface area contributed by atoms with Gasteiger partial charge in [-0.05, 0) is 55.8 Å². The van der Waals surface area contributed by atoms with E-state index in [9.17, 15) is 17.9 Å². The van der Waals surface area contributed by atoms with Crippen molar-refractivity contribution in [1.82, 2.24) is 24.1 Å². The minimum absolute atomic E-state index is 0.0502. The van der Waals surface area contributed by atoms with E-state index in [1.54, 1.807) is 41.4 Å². The van der Waals surface area contributed by atoms with Crippen molar-refractivity contribution in [3.8, 4) is 11.3 Å². The van der Waals surface area contributed by atoms with Crippen LogP contribution in [-0.2, 0) is 27.7 Å². The number of pyridine rings is 1. The normalized spacial score (nSPS) is 21.6. The number of ether oxygens (including phenoxy) is 1. The number of carbonyl (C=O) groups is 1. The number of rotatable bonds is 7. The number of benzene rings is 1. The zero-order chi connectivity index (χ0) is 27.3. The molecule has 1 amide bonds. The Morgan fingerprint density at radius 1 is 1.23 bits per heavy atom. The van der Waals surface area contributed by atoms with Gasteiger partial charge in [0.1, 0.15) is 29.6 Å². The third-order valence-electron chi connectivity index (χ3n) is 7.11. The molecule has 1 aliphatic carbocycles. The maximum atomic E-state index is 13.6. The average Bonchev–Trinajstić information content (AvgIpc) is 3.34. The number of halogens is 1. The minimum atomic E-state index is -2.56. The van der Waals surface area contributed by atoms with E-state index in [1.807, 2.05) is 18.5 Å². The first-order chi connectivity index (χ1) is 18.8. The molecule has 13 heteroatoms. The van der Waals surface area contributed by atoms with Gasteiger partial charge in [0.25, 0.3) is 0 Å². The summed E-state index contributed by atoms with van der Waals surface area (Å²) in [5, 5.41) is 5.92. The molecule has 2 N–H and O–H groups in total. The second-order valence-electron chi connectivity index (χ2n) is 9.89. The summed E-state index contributed by atoms with van der Waals surface area (Å²) in [5.41, 5.74) is 3.19. The van der Waals surface area contributed by atoms with Crippen molar-refractivity contribution in [3.63, 3.8) is 0 Å². The molecular weight excluding hydrogens is 525 g/mol. The topological polar surface area (TPSA) is 139 Å². The van der Waals surface area contributed by atoms with Crippen LogP contribution in [0, 0.1) is 12.8 Å². The second-order valence-corrected chi connectivity index (χ2v) is 10.8. The summed E-state index contributed by atoms with van der Waals surface area (Å²) >= 11 is -2.56. The fourth-order valence-corrected chi connectivity index (χ4v) is 5.48. The van der Waals surface area contributed by atoms with Crippen LogP contribution in [0.1, 0.15) is 37.7 Å². The van der Waals surface area contributed by atoms with E-state index in [2.05, 4.69) is 20.6 Å². The highest BCUT2D eigenvalue weighted by molar-refractivity contribution is 7.79. The number of amides is 1. The number of hydrogen-bond donors (Lipinski definition) is 2. The second kappa shape index (κ2) is 10.1. The first-order valence-electron chi connectivity index (χ1n) is 12.7. The Hall–Kier alpha value is -3.68. The molecule has 3 aromatic heterocycles. The van der Waals surface area contributed by atoms with Crippen LogP contribution in [0.3, 0.4) is 0 Å². The van der Waals surface area contributed by atoms with Gasteiger partial charge < -0.3 is 24.5 Å². The molecule has 39 heavy (non-hydrogen) atoms. The van der Waals surface area contributed by atoms with Gasteiger partial charge in [-0.25, -0.2) is 19.3 Å². The molecule has 0 bridgehead atoms. The molecule has 0 radical (unpaired) electrons. The molecule has 6 rings (SSSR count). The van der Waals surface area contributed by atoms with Crippen molar-refractivity contribution < 1.29 is 22.7 Å². The molecule has 1 saturated heterocycles. The van der Waals surface area contributed by atoms with Gasteiger partial charge in [0.15, 0.2) is 5.65 Å². The summed E-state index contributed by atoms with van der Waals surface area (Å²) < 4.78 is 47.8. The first kappa shape index (κ1) is 25.6. The predicted molar refractivity (Wildman–Crippen MR) is 142 cm³/mol. The number of hydrogen-bond acceptors (Lipinski definition) is 8. The predicted octanol–water partition coefficient (Wildman–Crippen LogP) is 4.12. The van der Waals surface area contributed by atoms with Crippen molar-refractivity contribution in [1.29, 1.82) is 0 Å². The highest BCUT2D eigenvalue weighted by Crippen LogP contribution is 2.37. The van der Waals surface area contributed by atoms with E-state index < -0.39 is 29.1 Å². The number of aryl methyl sites for hydroxylation is 2. The van der Waals surface area contributed by atoms with E-state index in [-0.39, 0.29) is 23.4 Å². The van der Waals surface area contributed by atoms with Crippen molar-refractivity contribution >= 4 is 45.3 Å². The number of alkyl halides is 1. The third-order valence-corrected chi connectivity index (χ3v) is 7.81. The van der Waals surface area contributed by atoms with Gasteiger partial charge in [0.05, 0.1) is 35.5 Å². The number of anilines is 3. The summed E-state index contributed by atoms with van der Waals surface area (Å²) in [6.07, 6.45) is 4.82. The quantitative estimate of drug-likeness (QED) is 0.327. The van der Waals surface area contributed by atoms with Gasteiger partial charge in [-0.3, -0.25) is 13.6 Å². The Balaban J connectivity index is 1.44. The highest BCUT2D eigenvalue weighted by Gasteiger charge is 2.43. The van der Waals surface area contributed by atoms with E-state index in [4.69, 9.17) is 9.72 Å². The SMILES string of the molecule is Cc1nc2c(Nc3ccc(-c4cncn4C)cc3S(=O)[O-])cc(NC(=O)[C@@H]3C[C@@H]3F)nc2n1C1CCCCO1. The van der Waals surface area contributed by atoms with Crippen LogP contribution in [0.25, 0.3) is 22.4 Å². The van der Waals surface area contributed by atoms with Crippen LogP contribution in [0.2, 0.25) is 0 Å². The molecular formula is C26H27FN7O4S-. The molecule has 2 unspecified atom stereocenters. The fraction of sp³-hybridized carbons (Fsp3) is 0.385. The van der Waals surface area contributed by atoms with Gasteiger partial charge in [0, 0.05) is 30.2 Å². The first-order valence-corrected chi connectivity index (χ1v) is 13.8. The van der Waals surface area contributed by atoms with Crippen molar-refractivity contribution in [3.05, 3.63) is 42.6 Å². The van der Waals surface area contributed by atoms with Gasteiger partial charge in [-0.15, -0.1) is 0 Å². The monoisotopic (exact) mass is 552 g/mol. The molecule has 4 atom stereocenters. The Labute approximate surface area is 226 Å². The zero-order valence-electron chi connectivity index (χ0n) is 21.4. The summed E-state index contributed by atoms with van der Waals surface area (Å²) in [6.45, 7) is 2.47. The number of fused-ring (bicyclic) bond motifs is 1. The smallest absolute Gasteiger partial charge is 0.231 e. The van der Waals surface area contributed by atoms with E-state index in [0.717, 1.165) is 25.0 Å². The van der Waals surface area contributed by atoms with Crippen LogP contribution < -0.4 is 10.6 Å². The Kier molecular flexibility index (Phi) is 6.65. The highest BCUT2D eigenvalue weighted by atomic mass is 32.2. The van der Waals surface area contributed by atoms with Gasteiger partial charge in [-0.2, -0.15) is 0 Å². The van der Waals surface area contributed by atoms with Crippen LogP contribution >= 0.6 is 0 Å². The Bertz CT molecular complexity index is 1600. The van der Waals surface area contributed by atoms with E-state index >= 15 is 0 Å². The maximum absolute atomic E-state index is 13.6. The molecule has 4 aromatic rings. The van der Waals surface area contributed by atoms with E-state index in [1.165, 1.54) is 0 Å². The Morgan fingerprint density at radius 3 is 2.72 bits per heavy atom. The van der Waals surface area contributed by atoms with E-state index in [0.29, 0.717) is 40.5 Å². The lowest BCUT2D eigenvalue weighted by Gasteiger charge is -2.25. The summed E-state index contributed by atoms with van der Waals surface area (Å²) in [5.74, 6) is -0.261. The van der Waals surface area contributed by atoms with Crippen molar-refractivity contribution in [2.75, 3.05) is 17.2 Å². The number of aromatic nitrogens is 5. The van der Waals surface area contributed by atoms with Gasteiger partial charge in [0.2, 0.25) is 5.91 Å². The van der Waals surface area contributed by atoms with Crippen LogP contribution in [0.5, 0.6) is 0 Å². The lowest BCUT2D eigenvalue weighted by Crippen LogP contribution is -2.20. The molecule has 2 aliphatic rings. The van der Waals surface area contributed by atoms with Gasteiger partial charge in [-0.1, -0.05) is 6.07 Å². The lowest BCUT2D eigenvalue weighted by molar-refractivity contribution is -0.117. The van der Waals surface area contributed by atoms with Crippen LogP contribution in [0.4, 0.5) is 21.6 Å². The molecule has 1 aromatic carbocycles. The molecule has 11 nitrogen and oxygen atoms in total. The van der Waals surface area contributed by atoms with Crippen molar-refractivity contribution in [2.45, 2.75) is 49.9 Å². The minimum Gasteiger partial charge on any atom is -0.768 e. The lowest BCUT2D eigenvalue weighted by atomic mass is 10.1. The molecule has 0 spiro atoms. The average molecular weight is 553 g/mol. The fourth-order valence-electron chi connectivity index (χ4n) is 4.96.